The smallest absolute Gasteiger partial charge is 0.277 e. The van der Waals surface area contributed by atoms with Gasteiger partial charge in [-0.05, 0) is 43.5 Å². The van der Waals surface area contributed by atoms with Gasteiger partial charge in [-0.2, -0.15) is 9.78 Å². The number of carbonyl (C=O) groups is 3. The Morgan fingerprint density at radius 3 is 2.29 bits per heavy atom. The van der Waals surface area contributed by atoms with Crippen LogP contribution in [0.25, 0.3) is 17.1 Å². The first-order valence-electron chi connectivity index (χ1n) is 12.4. The normalized spacial score (nSPS) is 15.6. The Balaban J connectivity index is 1.37. The summed E-state index contributed by atoms with van der Waals surface area (Å²) in [6.07, 6.45) is 2.76. The molecule has 2 aromatic carbocycles. The third-order valence-corrected chi connectivity index (χ3v) is 7.00. The summed E-state index contributed by atoms with van der Waals surface area (Å²) in [5, 5.41) is 8.42. The van der Waals surface area contributed by atoms with Crippen LogP contribution in [0.3, 0.4) is 0 Å². The molecule has 1 saturated heterocycles. The van der Waals surface area contributed by atoms with Crippen molar-refractivity contribution in [2.24, 2.45) is 5.73 Å². The van der Waals surface area contributed by atoms with E-state index in [1.54, 1.807) is 9.80 Å². The van der Waals surface area contributed by atoms with Crippen molar-refractivity contribution in [3.63, 3.8) is 0 Å². The van der Waals surface area contributed by atoms with Crippen LogP contribution in [0.4, 0.5) is 17.1 Å². The third kappa shape index (κ3) is 3.79. The van der Waals surface area contributed by atoms with E-state index in [0.717, 1.165) is 24.1 Å². The monoisotopic (exact) mass is 511 g/mol. The molecule has 38 heavy (non-hydrogen) atoms. The van der Waals surface area contributed by atoms with Crippen molar-refractivity contribution in [2.45, 2.75) is 25.7 Å². The highest BCUT2D eigenvalue weighted by Gasteiger charge is 2.36. The summed E-state index contributed by atoms with van der Waals surface area (Å²) in [5.74, 6) is -1.00. The molecule has 0 saturated carbocycles. The number of nitrogens with two attached hydrogens (primary N) is 2. The van der Waals surface area contributed by atoms with Crippen LogP contribution in [0, 0.1) is 0 Å². The van der Waals surface area contributed by atoms with E-state index in [2.05, 4.69) is 10.3 Å². The van der Waals surface area contributed by atoms with Gasteiger partial charge in [0.25, 0.3) is 17.7 Å². The quantitative estimate of drug-likeness (QED) is 0.418. The zero-order chi connectivity index (χ0) is 26.4. The number of benzene rings is 2. The molecule has 0 aliphatic carbocycles. The number of nitrogen functional groups attached to an aromatic ring is 1. The number of primary amides is 1. The van der Waals surface area contributed by atoms with E-state index in [-0.39, 0.29) is 34.8 Å². The highest BCUT2D eigenvalue weighted by molar-refractivity contribution is 6.09. The van der Waals surface area contributed by atoms with E-state index >= 15 is 0 Å². The maximum absolute atomic E-state index is 13.8. The maximum atomic E-state index is 13.8. The molecule has 4 N–H and O–H groups in total. The number of rotatable bonds is 5. The number of amides is 3. The number of hydrogen-bond donors (Lipinski definition) is 2. The molecule has 192 valence electrons. The zero-order valence-corrected chi connectivity index (χ0v) is 20.5. The Hall–Kier alpha value is -4.93. The predicted octanol–water partition coefficient (Wildman–Crippen LogP) is 2.93. The van der Waals surface area contributed by atoms with Gasteiger partial charge in [0.1, 0.15) is 17.1 Å². The summed E-state index contributed by atoms with van der Waals surface area (Å²) < 4.78 is 6.76. The third-order valence-electron chi connectivity index (χ3n) is 7.00. The lowest BCUT2D eigenvalue weighted by Gasteiger charge is -2.29. The molecule has 11 heteroatoms. The fourth-order valence-electron chi connectivity index (χ4n) is 5.09. The van der Waals surface area contributed by atoms with Crippen LogP contribution in [0.15, 0.2) is 59.1 Å². The van der Waals surface area contributed by atoms with Gasteiger partial charge in [0.2, 0.25) is 5.91 Å². The number of nitrogens with zero attached hydrogens (tertiary/aromatic N) is 5. The number of aromatic nitrogens is 3. The molecule has 2 aromatic heterocycles. The van der Waals surface area contributed by atoms with Gasteiger partial charge >= 0.3 is 0 Å². The second kappa shape index (κ2) is 9.18. The molecular weight excluding hydrogens is 486 g/mol. The van der Waals surface area contributed by atoms with E-state index in [1.807, 2.05) is 54.6 Å². The van der Waals surface area contributed by atoms with Gasteiger partial charge in [0.15, 0.2) is 5.69 Å². The number of anilines is 3. The van der Waals surface area contributed by atoms with Gasteiger partial charge in [0, 0.05) is 42.0 Å². The summed E-state index contributed by atoms with van der Waals surface area (Å²) in [7, 11) is 0. The first kappa shape index (κ1) is 23.5. The molecule has 3 amide bonds. The Morgan fingerprint density at radius 2 is 1.61 bits per heavy atom. The van der Waals surface area contributed by atoms with E-state index < -0.39 is 5.91 Å². The molecular formula is C27H25N7O4. The number of hydrogen-bond acceptors (Lipinski definition) is 7. The van der Waals surface area contributed by atoms with Crippen molar-refractivity contribution in [3.05, 3.63) is 71.5 Å². The standard InChI is InChI=1S/C27H25N7O4/c28-21-22(16-6-2-1-3-7-16)31-38-27(21)34-24-19(23(30-34)25(29)36)13-15-33(26(24)37)18-11-9-17(10-12-18)32-14-5-4-8-20(32)35/h1-3,6-7,9-12H,4-5,8,13-15,28H2,(H2,29,36). The van der Waals surface area contributed by atoms with Gasteiger partial charge in [-0.1, -0.05) is 35.5 Å². The second-order valence-electron chi connectivity index (χ2n) is 9.29. The second-order valence-corrected chi connectivity index (χ2v) is 9.29. The molecule has 11 nitrogen and oxygen atoms in total. The lowest BCUT2D eigenvalue weighted by Crippen LogP contribution is -2.39. The van der Waals surface area contributed by atoms with Gasteiger partial charge in [-0.25, -0.2) is 0 Å². The van der Waals surface area contributed by atoms with Gasteiger partial charge in [-0.15, -0.1) is 0 Å². The van der Waals surface area contributed by atoms with Gasteiger partial charge < -0.3 is 25.8 Å². The van der Waals surface area contributed by atoms with E-state index in [4.69, 9.17) is 16.0 Å². The fourth-order valence-corrected chi connectivity index (χ4v) is 5.09. The van der Waals surface area contributed by atoms with Crippen LogP contribution in [0.5, 0.6) is 0 Å². The molecule has 0 radical (unpaired) electrons. The molecule has 0 bridgehead atoms. The Kier molecular flexibility index (Phi) is 5.67. The molecule has 0 atom stereocenters. The Morgan fingerprint density at radius 1 is 0.895 bits per heavy atom. The van der Waals surface area contributed by atoms with Crippen molar-refractivity contribution in [2.75, 3.05) is 28.6 Å². The topological polar surface area (TPSA) is 154 Å². The molecule has 4 heterocycles. The first-order chi connectivity index (χ1) is 18.4. The minimum atomic E-state index is -0.752. The van der Waals surface area contributed by atoms with Crippen molar-refractivity contribution in [1.82, 2.24) is 14.9 Å². The maximum Gasteiger partial charge on any atom is 0.277 e. The van der Waals surface area contributed by atoms with Crippen LogP contribution < -0.4 is 21.3 Å². The van der Waals surface area contributed by atoms with Crippen molar-refractivity contribution >= 4 is 34.8 Å². The summed E-state index contributed by atoms with van der Waals surface area (Å²) in [6, 6.07) is 16.5. The average molecular weight is 512 g/mol. The molecule has 0 spiro atoms. The fraction of sp³-hybridized carbons (Fsp3) is 0.222. The minimum Gasteiger partial charge on any atom is -0.392 e. The van der Waals surface area contributed by atoms with Crippen LogP contribution in [0.1, 0.15) is 45.8 Å². The van der Waals surface area contributed by atoms with E-state index in [1.165, 1.54) is 4.68 Å². The largest absolute Gasteiger partial charge is 0.392 e. The highest BCUT2D eigenvalue weighted by atomic mass is 16.5. The lowest BCUT2D eigenvalue weighted by atomic mass is 10.0. The summed E-state index contributed by atoms with van der Waals surface area (Å²) in [6.45, 7) is 1.00. The zero-order valence-electron chi connectivity index (χ0n) is 20.5. The number of carbonyl (C=O) groups excluding carboxylic acids is 3. The van der Waals surface area contributed by atoms with E-state index in [9.17, 15) is 14.4 Å². The SMILES string of the molecule is NC(=O)c1nn(-c2onc(-c3ccccc3)c2N)c2c1CCN(c1ccc(N3CCCCC3=O)cc1)C2=O. The lowest BCUT2D eigenvalue weighted by molar-refractivity contribution is -0.119. The predicted molar refractivity (Wildman–Crippen MR) is 140 cm³/mol. The van der Waals surface area contributed by atoms with Crippen molar-refractivity contribution < 1.29 is 18.9 Å². The number of piperidine rings is 1. The van der Waals surface area contributed by atoms with Crippen LogP contribution in [0.2, 0.25) is 0 Å². The van der Waals surface area contributed by atoms with E-state index in [0.29, 0.717) is 42.9 Å². The molecule has 2 aliphatic rings. The Labute approximate surface area is 217 Å². The molecule has 1 fully saturated rings. The summed E-state index contributed by atoms with van der Waals surface area (Å²) in [5.41, 5.74) is 15.3. The van der Waals surface area contributed by atoms with Gasteiger partial charge in [-0.3, -0.25) is 14.4 Å². The highest BCUT2D eigenvalue weighted by Crippen LogP contribution is 2.34. The summed E-state index contributed by atoms with van der Waals surface area (Å²) >= 11 is 0. The molecule has 4 aromatic rings. The van der Waals surface area contributed by atoms with Crippen molar-refractivity contribution in [1.29, 1.82) is 0 Å². The number of fused-ring (bicyclic) bond motifs is 1. The minimum absolute atomic E-state index is 0.0102. The Bertz CT molecular complexity index is 1560. The van der Waals surface area contributed by atoms with Crippen LogP contribution >= 0.6 is 0 Å². The average Bonchev–Trinajstić information content (AvgIpc) is 3.51. The van der Waals surface area contributed by atoms with Crippen LogP contribution in [-0.4, -0.2) is 45.7 Å². The summed E-state index contributed by atoms with van der Waals surface area (Å²) in [4.78, 5) is 41.7. The van der Waals surface area contributed by atoms with Gasteiger partial charge in [0.05, 0.1) is 0 Å². The first-order valence-corrected chi connectivity index (χ1v) is 12.4. The van der Waals surface area contributed by atoms with Crippen LogP contribution in [-0.2, 0) is 11.2 Å². The molecule has 0 unspecified atom stereocenters. The molecule has 6 rings (SSSR count). The van der Waals surface area contributed by atoms with Crippen molar-refractivity contribution in [3.8, 4) is 17.1 Å². The molecule has 2 aliphatic heterocycles.